The van der Waals surface area contributed by atoms with Gasteiger partial charge >= 0.3 is 0 Å². The number of aromatic hydroxyl groups is 1. The summed E-state index contributed by atoms with van der Waals surface area (Å²) in [5.41, 5.74) is 1.38. The Bertz CT molecular complexity index is 825. The third kappa shape index (κ3) is 4.43. The second kappa shape index (κ2) is 8.36. The minimum absolute atomic E-state index is 0.0168. The van der Waals surface area contributed by atoms with E-state index in [1.54, 1.807) is 12.1 Å². The molecule has 0 aliphatic rings. The lowest BCUT2D eigenvalue weighted by atomic mass is 9.96. The molecule has 0 unspecified atom stereocenters. The molecule has 0 aliphatic carbocycles. The summed E-state index contributed by atoms with van der Waals surface area (Å²) in [5, 5.41) is 11.8. The fourth-order valence-electron chi connectivity index (χ4n) is 2.47. The lowest BCUT2D eigenvalue weighted by Gasteiger charge is -2.14. The highest BCUT2D eigenvalue weighted by molar-refractivity contribution is 6.31. The van der Waals surface area contributed by atoms with E-state index in [4.69, 9.17) is 16.3 Å². The van der Waals surface area contributed by atoms with Crippen molar-refractivity contribution < 1.29 is 23.4 Å². The number of likely N-dealkylation sites (N-methyl/N-ethyl adjacent to an activating group) is 1. The number of carbonyl (C=O) groups is 1. The van der Waals surface area contributed by atoms with Gasteiger partial charge in [-0.3, -0.25) is 4.79 Å². The van der Waals surface area contributed by atoms with Gasteiger partial charge in [-0.2, -0.15) is 0 Å². The maximum absolute atomic E-state index is 14.4. The predicted octanol–water partition coefficient (Wildman–Crippen LogP) is 4.16. The monoisotopic (exact) mass is 383 g/mol. The molecule has 2 N–H and O–H groups in total. The molecule has 0 saturated heterocycles. The van der Waals surface area contributed by atoms with Gasteiger partial charge in [-0.15, -0.1) is 0 Å². The van der Waals surface area contributed by atoms with Crippen LogP contribution in [0.25, 0.3) is 0 Å². The minimum atomic E-state index is -0.921. The highest BCUT2D eigenvalue weighted by Gasteiger charge is 2.20. The Morgan fingerprint density at radius 2 is 2.00 bits per heavy atom. The van der Waals surface area contributed by atoms with Crippen molar-refractivity contribution in [2.24, 2.45) is 0 Å². The van der Waals surface area contributed by atoms with Crippen LogP contribution in [0.4, 0.5) is 8.78 Å². The number of carbonyl (C=O) groups excluding carboxylic acids is 1. The van der Waals surface area contributed by atoms with Crippen LogP contribution in [0.15, 0.2) is 24.3 Å². The van der Waals surface area contributed by atoms with Gasteiger partial charge in [-0.05, 0) is 23.1 Å². The standard InChI is InChI=1S/C19H20ClF2NO3/c1-10(2)12-6-11(4-5-15(12)24)7-13-14(21)8-16(19(22)18(13)20)26-9-17(25)23-3/h4-6,8,10,24H,7,9H2,1-3H3,(H,23,25). The molecule has 0 aliphatic heterocycles. The molecule has 1 amide bonds. The summed E-state index contributed by atoms with van der Waals surface area (Å²) < 4.78 is 33.8. The van der Waals surface area contributed by atoms with Crippen molar-refractivity contribution in [3.05, 3.63) is 57.6 Å². The molecule has 2 rings (SSSR count). The van der Waals surface area contributed by atoms with Crippen molar-refractivity contribution in [2.45, 2.75) is 26.2 Å². The van der Waals surface area contributed by atoms with Gasteiger partial charge in [0.05, 0.1) is 5.02 Å². The smallest absolute Gasteiger partial charge is 0.257 e. The number of hydrogen-bond acceptors (Lipinski definition) is 3. The summed E-state index contributed by atoms with van der Waals surface area (Å²) in [5.74, 6) is -2.33. The summed E-state index contributed by atoms with van der Waals surface area (Å²) in [7, 11) is 1.40. The zero-order valence-corrected chi connectivity index (χ0v) is 15.5. The van der Waals surface area contributed by atoms with Gasteiger partial charge in [0.2, 0.25) is 0 Å². The summed E-state index contributed by atoms with van der Waals surface area (Å²) >= 11 is 5.99. The number of benzene rings is 2. The van der Waals surface area contributed by atoms with E-state index in [0.717, 1.165) is 6.07 Å². The number of ether oxygens (including phenoxy) is 1. The van der Waals surface area contributed by atoms with Crippen molar-refractivity contribution >= 4 is 17.5 Å². The summed E-state index contributed by atoms with van der Waals surface area (Å²) in [4.78, 5) is 11.2. The van der Waals surface area contributed by atoms with E-state index in [1.165, 1.54) is 13.1 Å². The lowest BCUT2D eigenvalue weighted by molar-refractivity contribution is -0.122. The number of halogens is 3. The average Bonchev–Trinajstić information content (AvgIpc) is 2.61. The topological polar surface area (TPSA) is 58.6 Å². The van der Waals surface area contributed by atoms with Crippen LogP contribution in [0.5, 0.6) is 11.5 Å². The van der Waals surface area contributed by atoms with Crippen LogP contribution in [0.1, 0.15) is 36.5 Å². The zero-order valence-electron chi connectivity index (χ0n) is 14.7. The molecule has 0 heterocycles. The lowest BCUT2D eigenvalue weighted by Crippen LogP contribution is -2.25. The van der Waals surface area contributed by atoms with E-state index in [-0.39, 0.29) is 23.7 Å². The number of phenolic OH excluding ortho intramolecular Hbond substituents is 1. The molecule has 2 aromatic carbocycles. The first-order valence-electron chi connectivity index (χ1n) is 8.06. The van der Waals surface area contributed by atoms with E-state index in [1.807, 2.05) is 13.8 Å². The maximum atomic E-state index is 14.4. The Morgan fingerprint density at radius 3 is 2.62 bits per heavy atom. The molecule has 0 aromatic heterocycles. The Hall–Kier alpha value is -2.34. The van der Waals surface area contributed by atoms with Gasteiger partial charge in [-0.1, -0.05) is 37.6 Å². The zero-order chi connectivity index (χ0) is 19.4. The Labute approximate surface area is 155 Å². The van der Waals surface area contributed by atoms with Crippen molar-refractivity contribution in [3.8, 4) is 11.5 Å². The number of nitrogens with one attached hydrogen (secondary N) is 1. The molecule has 26 heavy (non-hydrogen) atoms. The first-order chi connectivity index (χ1) is 12.2. The number of rotatable bonds is 6. The molecule has 140 valence electrons. The van der Waals surface area contributed by atoms with Crippen LogP contribution in [0.3, 0.4) is 0 Å². The van der Waals surface area contributed by atoms with E-state index in [0.29, 0.717) is 11.1 Å². The van der Waals surface area contributed by atoms with E-state index < -0.39 is 34.9 Å². The normalized spacial score (nSPS) is 10.9. The predicted molar refractivity (Wildman–Crippen MR) is 95.9 cm³/mol. The number of phenols is 1. The third-order valence-corrected chi connectivity index (χ3v) is 4.35. The summed E-state index contributed by atoms with van der Waals surface area (Å²) in [6.45, 7) is 3.40. The largest absolute Gasteiger partial charge is 0.508 e. The minimum Gasteiger partial charge on any atom is -0.508 e. The molecule has 0 fully saturated rings. The van der Waals surface area contributed by atoms with Gasteiger partial charge in [0.25, 0.3) is 5.91 Å². The fraction of sp³-hybridized carbons (Fsp3) is 0.316. The highest BCUT2D eigenvalue weighted by atomic mass is 35.5. The van der Waals surface area contributed by atoms with Crippen molar-refractivity contribution in [1.82, 2.24) is 5.32 Å². The number of hydrogen-bond donors (Lipinski definition) is 2. The van der Waals surface area contributed by atoms with Crippen molar-refractivity contribution in [3.63, 3.8) is 0 Å². The average molecular weight is 384 g/mol. The van der Waals surface area contributed by atoms with Crippen molar-refractivity contribution in [2.75, 3.05) is 13.7 Å². The molecule has 7 heteroatoms. The van der Waals surface area contributed by atoms with Crippen LogP contribution in [0.2, 0.25) is 5.02 Å². The molecule has 0 saturated carbocycles. The highest BCUT2D eigenvalue weighted by Crippen LogP contribution is 2.33. The van der Waals surface area contributed by atoms with Crippen LogP contribution in [-0.2, 0) is 11.2 Å². The second-order valence-corrected chi connectivity index (χ2v) is 6.53. The first kappa shape index (κ1) is 20.0. The molecule has 4 nitrogen and oxygen atoms in total. The van der Waals surface area contributed by atoms with Crippen LogP contribution >= 0.6 is 11.6 Å². The van der Waals surface area contributed by atoms with Gasteiger partial charge in [0.15, 0.2) is 18.2 Å². The SMILES string of the molecule is CNC(=O)COc1cc(F)c(Cc2ccc(O)c(C(C)C)c2)c(Cl)c1F. The Kier molecular flexibility index (Phi) is 6.42. The second-order valence-electron chi connectivity index (χ2n) is 6.15. The van der Waals surface area contributed by atoms with E-state index in [2.05, 4.69) is 5.32 Å². The third-order valence-electron chi connectivity index (χ3n) is 3.95. The summed E-state index contributed by atoms with van der Waals surface area (Å²) in [6, 6.07) is 5.77. The quantitative estimate of drug-likeness (QED) is 0.736. The van der Waals surface area contributed by atoms with Gasteiger partial charge < -0.3 is 15.2 Å². The van der Waals surface area contributed by atoms with Gasteiger partial charge in [0.1, 0.15) is 11.6 Å². The first-order valence-corrected chi connectivity index (χ1v) is 8.43. The van der Waals surface area contributed by atoms with Crippen LogP contribution in [-0.4, -0.2) is 24.7 Å². The molecular weight excluding hydrogens is 364 g/mol. The molecule has 2 aromatic rings. The van der Waals surface area contributed by atoms with Gasteiger partial charge in [0, 0.05) is 25.1 Å². The van der Waals surface area contributed by atoms with Gasteiger partial charge in [-0.25, -0.2) is 8.78 Å². The van der Waals surface area contributed by atoms with E-state index >= 15 is 0 Å². The maximum Gasteiger partial charge on any atom is 0.257 e. The van der Waals surface area contributed by atoms with Crippen LogP contribution in [0, 0.1) is 11.6 Å². The fourth-order valence-corrected chi connectivity index (χ4v) is 2.72. The Morgan fingerprint density at radius 1 is 1.31 bits per heavy atom. The molecule has 0 radical (unpaired) electrons. The Balaban J connectivity index is 2.32. The summed E-state index contributed by atoms with van der Waals surface area (Å²) in [6.07, 6.45) is 0.0529. The number of amides is 1. The molecule has 0 bridgehead atoms. The molecule has 0 spiro atoms. The van der Waals surface area contributed by atoms with Crippen LogP contribution < -0.4 is 10.1 Å². The van der Waals surface area contributed by atoms with Crippen molar-refractivity contribution in [1.29, 1.82) is 0 Å². The van der Waals surface area contributed by atoms with E-state index in [9.17, 15) is 18.7 Å². The molecular formula is C19H20ClF2NO3. The molecule has 0 atom stereocenters.